The average molecular weight is 318 g/mol. The van der Waals surface area contributed by atoms with Crippen molar-refractivity contribution in [1.82, 2.24) is 10.2 Å². The third-order valence-corrected chi connectivity index (χ3v) is 3.08. The summed E-state index contributed by atoms with van der Waals surface area (Å²) < 4.78 is 10.6. The molecule has 22 heavy (non-hydrogen) atoms. The second-order valence-electron chi connectivity index (χ2n) is 7.04. The Labute approximate surface area is 135 Å². The second-order valence-corrected chi connectivity index (χ2v) is 7.04. The number of hydrogen-bond acceptors (Lipinski definition) is 5. The van der Waals surface area contributed by atoms with Gasteiger partial charge in [0.25, 0.3) is 0 Å². The normalized spacial score (nSPS) is 14.8. The highest BCUT2D eigenvalue weighted by Gasteiger charge is 2.23. The van der Waals surface area contributed by atoms with E-state index in [4.69, 9.17) is 9.47 Å². The van der Waals surface area contributed by atoms with Crippen molar-refractivity contribution in [2.75, 3.05) is 33.4 Å². The molecule has 0 bridgehead atoms. The highest BCUT2D eigenvalue weighted by molar-refractivity contribution is 5.68. The Hall–Kier alpha value is -0.850. The number of aliphatic hydroxyl groups is 1. The molecule has 0 aliphatic carbocycles. The summed E-state index contributed by atoms with van der Waals surface area (Å²) in [4.78, 5) is 13.7. The van der Waals surface area contributed by atoms with Crippen LogP contribution in [0.1, 0.15) is 41.5 Å². The van der Waals surface area contributed by atoms with Gasteiger partial charge in [-0.1, -0.05) is 13.8 Å². The van der Waals surface area contributed by atoms with Gasteiger partial charge in [0.15, 0.2) is 0 Å². The number of carbonyl (C=O) groups is 1. The third-order valence-electron chi connectivity index (χ3n) is 3.08. The van der Waals surface area contributed by atoms with Gasteiger partial charge in [0.2, 0.25) is 0 Å². The van der Waals surface area contributed by atoms with Crippen LogP contribution in [0.25, 0.3) is 0 Å². The summed E-state index contributed by atoms with van der Waals surface area (Å²) >= 11 is 0. The van der Waals surface area contributed by atoms with E-state index < -0.39 is 17.8 Å². The Bertz CT molecular complexity index is 314. The molecule has 0 aliphatic heterocycles. The molecule has 0 rings (SSSR count). The molecule has 6 heteroatoms. The monoisotopic (exact) mass is 318 g/mol. The molecule has 0 aromatic heterocycles. The lowest BCUT2D eigenvalue weighted by Gasteiger charge is -2.29. The smallest absolute Gasteiger partial charge is 0.410 e. The van der Waals surface area contributed by atoms with E-state index in [0.29, 0.717) is 25.6 Å². The Balaban J connectivity index is 4.50. The number of rotatable bonds is 9. The van der Waals surface area contributed by atoms with E-state index in [9.17, 15) is 9.90 Å². The average Bonchev–Trinajstić information content (AvgIpc) is 2.33. The molecule has 0 aliphatic rings. The van der Waals surface area contributed by atoms with Gasteiger partial charge in [-0.05, 0) is 33.6 Å². The first-order valence-corrected chi connectivity index (χ1v) is 7.95. The lowest BCUT2D eigenvalue weighted by Crippen LogP contribution is -2.46. The molecule has 0 saturated carbocycles. The van der Waals surface area contributed by atoms with Crippen LogP contribution < -0.4 is 5.32 Å². The van der Waals surface area contributed by atoms with Gasteiger partial charge in [0.1, 0.15) is 5.60 Å². The van der Waals surface area contributed by atoms with Crippen LogP contribution in [0.4, 0.5) is 4.79 Å². The zero-order chi connectivity index (χ0) is 17.3. The van der Waals surface area contributed by atoms with Gasteiger partial charge in [-0.2, -0.15) is 0 Å². The van der Waals surface area contributed by atoms with Gasteiger partial charge in [0.05, 0.1) is 12.7 Å². The van der Waals surface area contributed by atoms with Gasteiger partial charge < -0.3 is 24.8 Å². The number of methoxy groups -OCH3 is 1. The van der Waals surface area contributed by atoms with Gasteiger partial charge >= 0.3 is 6.09 Å². The van der Waals surface area contributed by atoms with Gasteiger partial charge in [-0.25, -0.2) is 4.79 Å². The van der Waals surface area contributed by atoms with Crippen LogP contribution in [-0.4, -0.2) is 67.2 Å². The number of nitrogens with zero attached hydrogens (tertiary/aromatic N) is 1. The van der Waals surface area contributed by atoms with Crippen molar-refractivity contribution in [3.05, 3.63) is 0 Å². The van der Waals surface area contributed by atoms with E-state index in [0.717, 1.165) is 0 Å². The first-order valence-electron chi connectivity index (χ1n) is 7.95. The number of aliphatic hydroxyl groups excluding tert-OH is 1. The minimum absolute atomic E-state index is 0.233. The van der Waals surface area contributed by atoms with Crippen molar-refractivity contribution in [2.45, 2.75) is 59.3 Å². The van der Waals surface area contributed by atoms with Crippen LogP contribution >= 0.6 is 0 Å². The van der Waals surface area contributed by atoms with Crippen molar-refractivity contribution in [2.24, 2.45) is 5.92 Å². The van der Waals surface area contributed by atoms with Crippen molar-refractivity contribution < 1.29 is 19.4 Å². The van der Waals surface area contributed by atoms with E-state index >= 15 is 0 Å². The van der Waals surface area contributed by atoms with Crippen LogP contribution in [0.15, 0.2) is 0 Å². The number of nitrogens with one attached hydrogen (secondary N) is 1. The quantitative estimate of drug-likeness (QED) is 0.679. The maximum atomic E-state index is 12.2. The van der Waals surface area contributed by atoms with Gasteiger partial charge in [0, 0.05) is 32.8 Å². The molecule has 132 valence electrons. The Kier molecular flexibility index (Phi) is 9.64. The molecule has 1 amide bonds. The minimum atomic E-state index is -0.590. The molecule has 0 fully saturated rings. The number of hydrogen-bond donors (Lipinski definition) is 2. The SMILES string of the molecule is COCC(NCCN(CC(C)O)C(=O)OC(C)(C)C)C(C)C. The maximum absolute atomic E-state index is 12.2. The molecular formula is C16H34N2O4. The summed E-state index contributed by atoms with van der Waals surface area (Å²) in [6.07, 6.45) is -0.990. The van der Waals surface area contributed by atoms with Gasteiger partial charge in [-0.15, -0.1) is 0 Å². The summed E-state index contributed by atoms with van der Waals surface area (Å²) in [5.74, 6) is 0.437. The van der Waals surface area contributed by atoms with Crippen molar-refractivity contribution in [1.29, 1.82) is 0 Å². The molecule has 2 atom stereocenters. The highest BCUT2D eigenvalue weighted by atomic mass is 16.6. The summed E-state index contributed by atoms with van der Waals surface area (Å²) in [5.41, 5.74) is -0.544. The number of amides is 1. The topological polar surface area (TPSA) is 71.0 Å². The Morgan fingerprint density at radius 1 is 1.27 bits per heavy atom. The highest BCUT2D eigenvalue weighted by Crippen LogP contribution is 2.10. The summed E-state index contributed by atoms with van der Waals surface area (Å²) in [5, 5.41) is 12.9. The number of ether oxygens (including phenoxy) is 2. The fourth-order valence-corrected chi connectivity index (χ4v) is 1.95. The van der Waals surface area contributed by atoms with E-state index in [-0.39, 0.29) is 12.6 Å². The van der Waals surface area contributed by atoms with Crippen LogP contribution in [0.5, 0.6) is 0 Å². The molecular weight excluding hydrogens is 284 g/mol. The molecule has 2 N–H and O–H groups in total. The first kappa shape index (κ1) is 21.1. The van der Waals surface area contributed by atoms with Gasteiger partial charge in [-0.3, -0.25) is 0 Å². The molecule has 2 unspecified atom stereocenters. The zero-order valence-electron chi connectivity index (χ0n) is 15.2. The first-order chi connectivity index (χ1) is 10.1. The Morgan fingerprint density at radius 3 is 2.27 bits per heavy atom. The Morgan fingerprint density at radius 2 is 1.86 bits per heavy atom. The van der Waals surface area contributed by atoms with Crippen LogP contribution in [0.2, 0.25) is 0 Å². The molecule has 0 aromatic carbocycles. The summed E-state index contributed by atoms with van der Waals surface area (Å²) in [6.45, 7) is 13.4. The third kappa shape index (κ3) is 9.97. The zero-order valence-corrected chi connectivity index (χ0v) is 15.2. The number of carbonyl (C=O) groups excluding carboxylic acids is 1. The lowest BCUT2D eigenvalue weighted by atomic mass is 10.1. The van der Waals surface area contributed by atoms with E-state index in [1.807, 2.05) is 20.8 Å². The second kappa shape index (κ2) is 10.0. The van der Waals surface area contributed by atoms with Crippen LogP contribution in [0, 0.1) is 5.92 Å². The van der Waals surface area contributed by atoms with Crippen LogP contribution in [-0.2, 0) is 9.47 Å². The maximum Gasteiger partial charge on any atom is 0.410 e. The molecule has 0 saturated heterocycles. The van der Waals surface area contributed by atoms with E-state index in [1.165, 1.54) is 4.90 Å². The fraction of sp³-hybridized carbons (Fsp3) is 0.938. The van der Waals surface area contributed by atoms with E-state index in [1.54, 1.807) is 14.0 Å². The lowest BCUT2D eigenvalue weighted by molar-refractivity contribution is 0.0160. The van der Waals surface area contributed by atoms with Crippen LogP contribution in [0.3, 0.4) is 0 Å². The van der Waals surface area contributed by atoms with Crippen molar-refractivity contribution in [3.8, 4) is 0 Å². The molecule has 0 heterocycles. The standard InChI is InChI=1S/C16H34N2O4/c1-12(2)14(11-21-7)17-8-9-18(10-13(3)19)15(20)22-16(4,5)6/h12-14,17,19H,8-11H2,1-7H3. The molecule has 6 nitrogen and oxygen atoms in total. The molecule has 0 aromatic rings. The van der Waals surface area contributed by atoms with Crippen molar-refractivity contribution >= 4 is 6.09 Å². The summed E-state index contributed by atoms with van der Waals surface area (Å²) in [6, 6.07) is 0.233. The largest absolute Gasteiger partial charge is 0.444 e. The molecule has 0 spiro atoms. The summed E-state index contributed by atoms with van der Waals surface area (Å²) in [7, 11) is 1.68. The predicted octanol–water partition coefficient (Wildman–Crippen LogP) is 1.86. The predicted molar refractivity (Wildman–Crippen MR) is 88.0 cm³/mol. The molecule has 0 radical (unpaired) electrons. The van der Waals surface area contributed by atoms with Crippen molar-refractivity contribution in [3.63, 3.8) is 0 Å². The fourth-order valence-electron chi connectivity index (χ4n) is 1.95. The van der Waals surface area contributed by atoms with E-state index in [2.05, 4.69) is 19.2 Å². The minimum Gasteiger partial charge on any atom is -0.444 e.